The van der Waals surface area contributed by atoms with Gasteiger partial charge in [-0.3, -0.25) is 0 Å². The number of aromatic nitrogens is 1. The molecule has 2 rings (SSSR count). The van der Waals surface area contributed by atoms with Gasteiger partial charge in [-0.05, 0) is 12.1 Å². The Morgan fingerprint density at radius 3 is 3.05 bits per heavy atom. The number of para-hydroxylation sites is 1. The number of hydrogen-bond acceptors (Lipinski definition) is 4. The SMILES string of the molecule is NC(=NCCOc1ccccc1Cl)Nc1nccs1. The van der Waals surface area contributed by atoms with Crippen LogP contribution >= 0.6 is 22.9 Å². The van der Waals surface area contributed by atoms with E-state index in [1.54, 1.807) is 12.3 Å². The van der Waals surface area contributed by atoms with Gasteiger partial charge in [0.1, 0.15) is 12.4 Å². The first-order valence-electron chi connectivity index (χ1n) is 5.59. The second-order valence-electron chi connectivity index (χ2n) is 3.51. The average molecular weight is 297 g/mol. The average Bonchev–Trinajstić information content (AvgIpc) is 2.89. The third-order valence-corrected chi connectivity index (χ3v) is 3.14. The van der Waals surface area contributed by atoms with E-state index in [9.17, 15) is 0 Å². The summed E-state index contributed by atoms with van der Waals surface area (Å²) in [5.41, 5.74) is 5.70. The topological polar surface area (TPSA) is 72.5 Å². The molecule has 0 atom stereocenters. The minimum atomic E-state index is 0.317. The minimum absolute atomic E-state index is 0.317. The van der Waals surface area contributed by atoms with Crippen LogP contribution in [0.15, 0.2) is 40.8 Å². The van der Waals surface area contributed by atoms with Crippen LogP contribution in [0.5, 0.6) is 5.75 Å². The fourth-order valence-electron chi connectivity index (χ4n) is 1.32. The van der Waals surface area contributed by atoms with Crippen molar-refractivity contribution in [2.24, 2.45) is 10.7 Å². The summed E-state index contributed by atoms with van der Waals surface area (Å²) in [7, 11) is 0. The highest BCUT2D eigenvalue weighted by Crippen LogP contribution is 2.22. The zero-order valence-corrected chi connectivity index (χ0v) is 11.6. The maximum Gasteiger partial charge on any atom is 0.195 e. The number of benzene rings is 1. The summed E-state index contributed by atoms with van der Waals surface area (Å²) in [5.74, 6) is 0.962. The number of rotatable bonds is 5. The number of hydrogen-bond donors (Lipinski definition) is 2. The van der Waals surface area contributed by atoms with Crippen molar-refractivity contribution in [1.29, 1.82) is 0 Å². The lowest BCUT2D eigenvalue weighted by atomic mass is 10.3. The van der Waals surface area contributed by atoms with Crippen LogP contribution in [-0.2, 0) is 0 Å². The van der Waals surface area contributed by atoms with Gasteiger partial charge in [-0.25, -0.2) is 9.98 Å². The Morgan fingerprint density at radius 1 is 1.47 bits per heavy atom. The Labute approximate surface area is 120 Å². The molecule has 0 aliphatic heterocycles. The molecule has 1 heterocycles. The van der Waals surface area contributed by atoms with E-state index in [0.29, 0.717) is 35.0 Å². The summed E-state index contributed by atoms with van der Waals surface area (Å²) in [4.78, 5) is 8.17. The molecule has 0 aliphatic carbocycles. The molecule has 2 aromatic rings. The van der Waals surface area contributed by atoms with Crippen molar-refractivity contribution in [1.82, 2.24) is 4.98 Å². The Morgan fingerprint density at radius 2 is 2.32 bits per heavy atom. The quantitative estimate of drug-likeness (QED) is 0.505. The number of anilines is 1. The molecule has 0 radical (unpaired) electrons. The summed E-state index contributed by atoms with van der Waals surface area (Å²) in [6.45, 7) is 0.847. The molecule has 0 aliphatic rings. The van der Waals surface area contributed by atoms with E-state index in [1.165, 1.54) is 11.3 Å². The first-order chi connectivity index (χ1) is 9.25. The predicted octanol–water partition coefficient (Wildman–Crippen LogP) is 2.60. The lowest BCUT2D eigenvalue weighted by Gasteiger charge is -2.06. The number of nitrogens with two attached hydrogens (primary N) is 1. The predicted molar refractivity (Wildman–Crippen MR) is 79.2 cm³/mol. The van der Waals surface area contributed by atoms with Crippen molar-refractivity contribution in [3.8, 4) is 5.75 Å². The Kier molecular flexibility index (Phi) is 5.00. The second-order valence-corrected chi connectivity index (χ2v) is 4.81. The fraction of sp³-hybridized carbons (Fsp3) is 0.167. The molecule has 100 valence electrons. The molecule has 0 saturated carbocycles. The largest absolute Gasteiger partial charge is 0.490 e. The van der Waals surface area contributed by atoms with E-state index < -0.39 is 0 Å². The van der Waals surface area contributed by atoms with Crippen LogP contribution in [0.25, 0.3) is 0 Å². The normalized spacial score (nSPS) is 11.3. The summed E-state index contributed by atoms with van der Waals surface area (Å²) in [6, 6.07) is 7.30. The van der Waals surface area contributed by atoms with Crippen LogP contribution in [-0.4, -0.2) is 24.1 Å². The van der Waals surface area contributed by atoms with Gasteiger partial charge in [0.2, 0.25) is 0 Å². The highest BCUT2D eigenvalue weighted by atomic mass is 35.5. The van der Waals surface area contributed by atoms with Crippen molar-refractivity contribution < 1.29 is 4.74 Å². The van der Waals surface area contributed by atoms with Crippen molar-refractivity contribution in [3.63, 3.8) is 0 Å². The number of ether oxygens (including phenoxy) is 1. The first-order valence-corrected chi connectivity index (χ1v) is 6.85. The van der Waals surface area contributed by atoms with E-state index >= 15 is 0 Å². The van der Waals surface area contributed by atoms with Gasteiger partial charge in [0.15, 0.2) is 11.1 Å². The number of nitrogens with one attached hydrogen (secondary N) is 1. The van der Waals surface area contributed by atoms with E-state index in [0.717, 1.165) is 0 Å². The monoisotopic (exact) mass is 296 g/mol. The molecular formula is C12H13ClN4OS. The van der Waals surface area contributed by atoms with E-state index in [2.05, 4.69) is 15.3 Å². The van der Waals surface area contributed by atoms with Gasteiger partial charge < -0.3 is 15.8 Å². The number of guanidine groups is 1. The van der Waals surface area contributed by atoms with Gasteiger partial charge in [0.25, 0.3) is 0 Å². The third-order valence-electron chi connectivity index (χ3n) is 2.13. The number of aliphatic imine (C=N–C) groups is 1. The lowest BCUT2D eigenvalue weighted by Crippen LogP contribution is -2.23. The van der Waals surface area contributed by atoms with Crippen LogP contribution < -0.4 is 15.8 Å². The van der Waals surface area contributed by atoms with Crippen LogP contribution in [0.2, 0.25) is 5.02 Å². The van der Waals surface area contributed by atoms with E-state index in [-0.39, 0.29) is 0 Å². The first kappa shape index (κ1) is 13.6. The highest BCUT2D eigenvalue weighted by molar-refractivity contribution is 7.13. The standard InChI is InChI=1S/C12H13ClN4OS/c13-9-3-1-2-4-10(9)18-7-5-15-11(14)17-12-16-6-8-19-12/h1-4,6,8H,5,7H2,(H3,14,15,16,17). The maximum atomic E-state index is 5.96. The molecule has 3 N–H and O–H groups in total. The fourth-order valence-corrected chi connectivity index (χ4v) is 2.04. The molecule has 7 heteroatoms. The molecule has 5 nitrogen and oxygen atoms in total. The van der Waals surface area contributed by atoms with Crippen LogP contribution in [0.4, 0.5) is 5.13 Å². The summed E-state index contributed by atoms with van der Waals surface area (Å²) < 4.78 is 5.49. The molecule has 1 aromatic carbocycles. The van der Waals surface area contributed by atoms with Gasteiger partial charge in [-0.15, -0.1) is 11.3 Å². The second kappa shape index (κ2) is 6.96. The Bertz CT molecular complexity index is 544. The minimum Gasteiger partial charge on any atom is -0.490 e. The van der Waals surface area contributed by atoms with Crippen molar-refractivity contribution in [2.75, 3.05) is 18.5 Å². The molecule has 19 heavy (non-hydrogen) atoms. The van der Waals surface area contributed by atoms with Gasteiger partial charge in [0.05, 0.1) is 11.6 Å². The molecule has 0 spiro atoms. The molecular weight excluding hydrogens is 284 g/mol. The van der Waals surface area contributed by atoms with Gasteiger partial charge >= 0.3 is 0 Å². The number of thiazole rings is 1. The van der Waals surface area contributed by atoms with Crippen molar-refractivity contribution in [2.45, 2.75) is 0 Å². The lowest BCUT2D eigenvalue weighted by molar-refractivity contribution is 0.329. The van der Waals surface area contributed by atoms with Crippen molar-refractivity contribution in [3.05, 3.63) is 40.9 Å². The van der Waals surface area contributed by atoms with Crippen LogP contribution in [0.1, 0.15) is 0 Å². The summed E-state index contributed by atoms with van der Waals surface area (Å²) in [5, 5.41) is 6.04. The van der Waals surface area contributed by atoms with Gasteiger partial charge in [-0.2, -0.15) is 0 Å². The van der Waals surface area contributed by atoms with Crippen molar-refractivity contribution >= 4 is 34.0 Å². The van der Waals surface area contributed by atoms with Gasteiger partial charge in [-0.1, -0.05) is 23.7 Å². The smallest absolute Gasteiger partial charge is 0.195 e. The number of halogens is 1. The molecule has 0 saturated heterocycles. The van der Waals surface area contributed by atoms with E-state index in [1.807, 2.05) is 23.6 Å². The summed E-state index contributed by atoms with van der Waals surface area (Å²) >= 11 is 7.41. The molecule has 0 bridgehead atoms. The third kappa shape index (κ3) is 4.42. The number of nitrogens with zero attached hydrogens (tertiary/aromatic N) is 2. The van der Waals surface area contributed by atoms with Crippen LogP contribution in [0, 0.1) is 0 Å². The highest BCUT2D eigenvalue weighted by Gasteiger charge is 1.99. The summed E-state index contributed by atoms with van der Waals surface area (Å²) in [6.07, 6.45) is 1.70. The van der Waals surface area contributed by atoms with Gasteiger partial charge in [0, 0.05) is 11.6 Å². The van der Waals surface area contributed by atoms with E-state index in [4.69, 9.17) is 22.1 Å². The molecule has 0 amide bonds. The maximum absolute atomic E-state index is 5.96. The molecule has 0 fully saturated rings. The molecule has 0 unspecified atom stereocenters. The zero-order valence-electron chi connectivity index (χ0n) is 10.0. The molecule has 1 aromatic heterocycles. The van der Waals surface area contributed by atoms with Crippen LogP contribution in [0.3, 0.4) is 0 Å². The Balaban J connectivity index is 1.75. The Hall–Kier alpha value is -1.79. The zero-order chi connectivity index (χ0) is 13.5.